The van der Waals surface area contributed by atoms with Crippen LogP contribution in [0.3, 0.4) is 0 Å². The first kappa shape index (κ1) is 13.6. The van der Waals surface area contributed by atoms with Gasteiger partial charge in [0.15, 0.2) is 0 Å². The average Bonchev–Trinajstić information content (AvgIpc) is 2.73. The molecule has 0 aromatic heterocycles. The summed E-state index contributed by atoms with van der Waals surface area (Å²) in [5, 5.41) is 2.70. The molecule has 6 heteroatoms. The first-order valence-electron chi connectivity index (χ1n) is 5.06. The first-order chi connectivity index (χ1) is 7.33. The third-order valence-electron chi connectivity index (χ3n) is 2.83. The van der Waals surface area contributed by atoms with E-state index in [1.165, 1.54) is 7.11 Å². The van der Waals surface area contributed by atoms with Crippen LogP contribution < -0.4 is 5.32 Å². The van der Waals surface area contributed by atoms with E-state index in [0.29, 0.717) is 25.8 Å². The summed E-state index contributed by atoms with van der Waals surface area (Å²) in [7, 11) is 1.33. The Balaban J connectivity index is 2.20. The predicted molar refractivity (Wildman–Crippen MR) is 61.4 cm³/mol. The van der Waals surface area contributed by atoms with E-state index in [2.05, 4.69) is 10.1 Å². The second kappa shape index (κ2) is 4.80. The van der Waals surface area contributed by atoms with Crippen LogP contribution in [0.4, 0.5) is 0 Å². The van der Waals surface area contributed by atoms with Gasteiger partial charge in [0.2, 0.25) is 5.91 Å². The molecule has 0 aliphatic heterocycles. The van der Waals surface area contributed by atoms with E-state index >= 15 is 0 Å². The Morgan fingerprint density at radius 2 is 2.00 bits per heavy atom. The van der Waals surface area contributed by atoms with Crippen molar-refractivity contribution in [3.8, 4) is 0 Å². The molecule has 0 aromatic carbocycles. The molecule has 4 nitrogen and oxygen atoms in total. The van der Waals surface area contributed by atoms with Gasteiger partial charge in [-0.25, -0.2) is 0 Å². The fourth-order valence-corrected chi connectivity index (χ4v) is 2.08. The van der Waals surface area contributed by atoms with E-state index < -0.39 is 9.75 Å². The molecule has 1 unspecified atom stereocenters. The average molecular weight is 268 g/mol. The van der Waals surface area contributed by atoms with Crippen molar-refractivity contribution < 1.29 is 14.3 Å². The van der Waals surface area contributed by atoms with Gasteiger partial charge in [-0.15, -0.1) is 23.2 Å². The van der Waals surface area contributed by atoms with Gasteiger partial charge < -0.3 is 10.1 Å². The molecule has 0 aromatic rings. The molecule has 1 fully saturated rings. The highest BCUT2D eigenvalue weighted by atomic mass is 35.5. The Morgan fingerprint density at radius 3 is 2.44 bits per heavy atom. The monoisotopic (exact) mass is 267 g/mol. The normalized spacial score (nSPS) is 26.0. The third kappa shape index (κ3) is 2.80. The van der Waals surface area contributed by atoms with Crippen molar-refractivity contribution in [2.45, 2.75) is 30.5 Å². The number of hydrogen-bond acceptors (Lipinski definition) is 3. The zero-order valence-electron chi connectivity index (χ0n) is 9.31. The number of ether oxygens (including phenoxy) is 1. The predicted octanol–water partition coefficient (Wildman–Crippen LogP) is 1.64. The van der Waals surface area contributed by atoms with Gasteiger partial charge in [-0.2, -0.15) is 0 Å². The number of carbonyl (C=O) groups excluding carboxylic acids is 2. The summed E-state index contributed by atoms with van der Waals surface area (Å²) in [4.78, 5) is 22.5. The number of methoxy groups -OCH3 is 1. The molecule has 16 heavy (non-hydrogen) atoms. The van der Waals surface area contributed by atoms with E-state index in [1.807, 2.05) is 0 Å². The Bertz CT molecular complexity index is 306. The first-order valence-corrected chi connectivity index (χ1v) is 5.82. The number of carbonyl (C=O) groups is 2. The molecular formula is C10H15Cl2NO3. The summed E-state index contributed by atoms with van der Waals surface area (Å²) in [6.07, 6.45) is 1.30. The molecule has 1 amide bonds. The lowest BCUT2D eigenvalue weighted by molar-refractivity contribution is -0.140. The molecule has 1 atom stereocenters. The fourth-order valence-electron chi connectivity index (χ4n) is 1.38. The van der Waals surface area contributed by atoms with Crippen molar-refractivity contribution in [1.82, 2.24) is 5.32 Å². The fraction of sp³-hybridized carbons (Fsp3) is 0.800. The second-order valence-corrected chi connectivity index (χ2v) is 5.63. The maximum atomic E-state index is 11.7. The summed E-state index contributed by atoms with van der Waals surface area (Å²) < 4.78 is 3.53. The number of hydrogen-bond donors (Lipinski definition) is 1. The Labute approximate surface area is 105 Å². The highest BCUT2D eigenvalue weighted by Crippen LogP contribution is 2.63. The number of amides is 1. The van der Waals surface area contributed by atoms with Crippen molar-refractivity contribution in [3.63, 3.8) is 0 Å². The number of halogens is 2. The minimum Gasteiger partial charge on any atom is -0.469 e. The summed E-state index contributed by atoms with van der Waals surface area (Å²) in [5.74, 6) is -0.446. The highest BCUT2D eigenvalue weighted by molar-refractivity contribution is 6.53. The molecule has 0 radical (unpaired) electrons. The molecule has 1 saturated carbocycles. The lowest BCUT2D eigenvalue weighted by Crippen LogP contribution is -2.34. The Kier molecular flexibility index (Phi) is 4.07. The molecule has 0 bridgehead atoms. The molecule has 0 spiro atoms. The standard InChI is InChI=1S/C10H15Cl2NO3/c1-9(6-10(9,11)12)8(15)13-5-3-4-7(14)16-2/h3-6H2,1-2H3,(H,13,15). The van der Waals surface area contributed by atoms with Gasteiger partial charge in [0.1, 0.15) is 4.33 Å². The Morgan fingerprint density at radius 1 is 1.44 bits per heavy atom. The lowest BCUT2D eigenvalue weighted by atomic mass is 10.1. The third-order valence-corrected chi connectivity index (χ3v) is 3.93. The van der Waals surface area contributed by atoms with Crippen molar-refractivity contribution in [1.29, 1.82) is 0 Å². The number of rotatable bonds is 5. The summed E-state index contributed by atoms with van der Waals surface area (Å²) in [6, 6.07) is 0. The highest BCUT2D eigenvalue weighted by Gasteiger charge is 2.67. The van der Waals surface area contributed by atoms with Gasteiger partial charge in [-0.05, 0) is 19.8 Å². The van der Waals surface area contributed by atoms with Crippen molar-refractivity contribution in [2.24, 2.45) is 5.41 Å². The molecular weight excluding hydrogens is 253 g/mol. The van der Waals surface area contributed by atoms with Crippen LogP contribution in [0.5, 0.6) is 0 Å². The van der Waals surface area contributed by atoms with Crippen LogP contribution in [0.15, 0.2) is 0 Å². The minimum atomic E-state index is -0.945. The number of alkyl halides is 2. The largest absolute Gasteiger partial charge is 0.469 e. The van der Waals surface area contributed by atoms with Crippen LogP contribution in [0.25, 0.3) is 0 Å². The van der Waals surface area contributed by atoms with Gasteiger partial charge >= 0.3 is 5.97 Å². The molecule has 92 valence electrons. The van der Waals surface area contributed by atoms with Gasteiger partial charge in [0, 0.05) is 13.0 Å². The smallest absolute Gasteiger partial charge is 0.305 e. The maximum Gasteiger partial charge on any atom is 0.305 e. The summed E-state index contributed by atoms with van der Waals surface area (Å²) >= 11 is 11.7. The van der Waals surface area contributed by atoms with Crippen LogP contribution in [-0.2, 0) is 14.3 Å². The zero-order valence-corrected chi connectivity index (χ0v) is 10.8. The van der Waals surface area contributed by atoms with Gasteiger partial charge in [0.05, 0.1) is 12.5 Å². The van der Waals surface area contributed by atoms with E-state index in [9.17, 15) is 9.59 Å². The van der Waals surface area contributed by atoms with Crippen LogP contribution in [0.1, 0.15) is 26.2 Å². The van der Waals surface area contributed by atoms with Crippen molar-refractivity contribution in [2.75, 3.05) is 13.7 Å². The van der Waals surface area contributed by atoms with Gasteiger partial charge in [-0.3, -0.25) is 9.59 Å². The molecule has 1 aliphatic carbocycles. The van der Waals surface area contributed by atoms with E-state index in [0.717, 1.165) is 0 Å². The quantitative estimate of drug-likeness (QED) is 0.468. The minimum absolute atomic E-state index is 0.164. The van der Waals surface area contributed by atoms with Crippen molar-refractivity contribution in [3.05, 3.63) is 0 Å². The lowest BCUT2D eigenvalue weighted by Gasteiger charge is -2.12. The summed E-state index contributed by atoms with van der Waals surface area (Å²) in [5.41, 5.74) is -0.693. The SMILES string of the molecule is COC(=O)CCCNC(=O)C1(C)CC1(Cl)Cl. The molecule has 0 heterocycles. The molecule has 1 N–H and O–H groups in total. The maximum absolute atomic E-state index is 11.7. The van der Waals surface area contributed by atoms with Crippen LogP contribution in [0, 0.1) is 5.41 Å². The molecule has 0 saturated heterocycles. The summed E-state index contributed by atoms with van der Waals surface area (Å²) in [6.45, 7) is 2.15. The number of nitrogens with one attached hydrogen (secondary N) is 1. The molecule has 1 aliphatic rings. The van der Waals surface area contributed by atoms with Gasteiger partial charge in [-0.1, -0.05) is 0 Å². The van der Waals surface area contributed by atoms with E-state index in [-0.39, 0.29) is 11.9 Å². The number of esters is 1. The van der Waals surface area contributed by atoms with Crippen LogP contribution >= 0.6 is 23.2 Å². The molecule has 1 rings (SSSR count). The van der Waals surface area contributed by atoms with Crippen LogP contribution in [0.2, 0.25) is 0 Å². The van der Waals surface area contributed by atoms with E-state index in [4.69, 9.17) is 23.2 Å². The van der Waals surface area contributed by atoms with E-state index in [1.54, 1.807) is 6.92 Å². The topological polar surface area (TPSA) is 55.4 Å². The van der Waals surface area contributed by atoms with Gasteiger partial charge in [0.25, 0.3) is 0 Å². The Hall–Kier alpha value is -0.480. The second-order valence-electron chi connectivity index (χ2n) is 4.15. The zero-order chi connectivity index (χ0) is 12.4. The van der Waals surface area contributed by atoms with Crippen molar-refractivity contribution >= 4 is 35.1 Å². The van der Waals surface area contributed by atoms with Crippen LogP contribution in [-0.4, -0.2) is 29.9 Å².